The zero-order valence-electron chi connectivity index (χ0n) is 12.8. The first-order valence-corrected chi connectivity index (χ1v) is 6.56. The largest absolute Gasteiger partial charge is 0.300 e. The van der Waals surface area contributed by atoms with Gasteiger partial charge in [0.2, 0.25) is 0 Å². The minimum absolute atomic E-state index is 0. The van der Waals surface area contributed by atoms with E-state index < -0.39 is 0 Å². The van der Waals surface area contributed by atoms with Crippen molar-refractivity contribution in [3.63, 3.8) is 0 Å². The lowest BCUT2D eigenvalue weighted by Gasteiger charge is -1.76. The zero-order valence-corrected chi connectivity index (χ0v) is 13.7. The minimum atomic E-state index is 0. The van der Waals surface area contributed by atoms with Gasteiger partial charge in [-0.15, -0.1) is 0 Å². The fraction of sp³-hybridized carbons (Fsp3) is 0.833. The van der Waals surface area contributed by atoms with E-state index in [9.17, 15) is 9.59 Å². The molecule has 0 unspecified atom stereocenters. The van der Waals surface area contributed by atoms with Crippen molar-refractivity contribution in [1.82, 2.24) is 0 Å². The lowest BCUT2D eigenvalue weighted by Crippen LogP contribution is -1.80. The van der Waals surface area contributed by atoms with E-state index in [1.54, 1.807) is 6.92 Å². The number of thiocarbonyl (C=S) groups is 1. The van der Waals surface area contributed by atoms with Gasteiger partial charge in [0.05, 0.1) is 0 Å². The summed E-state index contributed by atoms with van der Waals surface area (Å²) in [4.78, 5) is 20.3. The molecule has 21 heavy (non-hydrogen) atoms. The predicted molar refractivity (Wildman–Crippen MR) is 109 cm³/mol. The average Bonchev–Trinajstić information content (AvgIpc) is 2.19. The molecule has 0 aromatic heterocycles. The molecule has 2 nitrogen and oxygen atoms in total. The summed E-state index contributed by atoms with van der Waals surface area (Å²) in [6.07, 6.45) is 2.95. The maximum Gasteiger partial charge on any atom is 0.129 e. The maximum atomic E-state index is 9.81. The average molecular weight is 327 g/mol. The van der Waals surface area contributed by atoms with Crippen molar-refractivity contribution in [3.8, 4) is 0 Å². The number of carbonyl (C=O) groups excluding carboxylic acids is 2. The van der Waals surface area contributed by atoms with Crippen molar-refractivity contribution >= 4 is 28.6 Å². The summed E-state index contributed by atoms with van der Waals surface area (Å²) in [6.45, 7) is 14.8. The van der Waals surface area contributed by atoms with Crippen LogP contribution in [0.4, 0.5) is 0 Å². The zero-order chi connectivity index (χ0) is 14.9. The molecule has 0 aromatic carbocycles. The van der Waals surface area contributed by atoms with Crippen molar-refractivity contribution in [3.05, 3.63) is 0 Å². The summed E-state index contributed by atoms with van der Waals surface area (Å²) in [5, 5.41) is 0. The van der Waals surface area contributed by atoms with Gasteiger partial charge in [-0.05, 0) is 39.0 Å². The van der Waals surface area contributed by atoms with E-state index in [1.165, 1.54) is 20.3 Å². The van der Waals surface area contributed by atoms with E-state index in [-0.39, 0.29) is 41.3 Å². The Balaban J connectivity index is -0.0000000171. The first-order chi connectivity index (χ1) is 7.69. The molecule has 0 aliphatic rings. The van der Waals surface area contributed by atoms with Crippen LogP contribution >= 0.6 is 12.2 Å². The van der Waals surface area contributed by atoms with E-state index in [0.717, 1.165) is 11.3 Å². The van der Waals surface area contributed by atoms with Crippen LogP contribution in [0.3, 0.4) is 0 Å². The third-order valence-electron chi connectivity index (χ3n) is 0.996. The van der Waals surface area contributed by atoms with Gasteiger partial charge in [-0.1, -0.05) is 76.0 Å². The molecule has 3 heteroatoms. The van der Waals surface area contributed by atoms with Gasteiger partial charge in [-0.25, -0.2) is 0 Å². The van der Waals surface area contributed by atoms with Gasteiger partial charge in [0.25, 0.3) is 0 Å². The lowest BCUT2D eigenvalue weighted by molar-refractivity contribution is -0.117. The molecular formula is C18H46O2S. The maximum absolute atomic E-state index is 9.81. The third-order valence-corrected chi connectivity index (χ3v) is 1.28. The van der Waals surface area contributed by atoms with E-state index in [2.05, 4.69) is 20.8 Å². The summed E-state index contributed by atoms with van der Waals surface area (Å²) in [7, 11) is 0. The molecule has 0 rings (SSSR count). The van der Waals surface area contributed by atoms with E-state index in [4.69, 9.17) is 12.2 Å². The molecule has 136 valence electrons. The van der Waals surface area contributed by atoms with Crippen LogP contribution in [0.5, 0.6) is 0 Å². The van der Waals surface area contributed by atoms with E-state index >= 15 is 0 Å². The third kappa shape index (κ3) is 502. The molecule has 0 atom stereocenters. The number of rotatable bonds is 2. The Morgan fingerprint density at radius 3 is 0.810 bits per heavy atom. The highest BCUT2D eigenvalue weighted by molar-refractivity contribution is 7.80. The molecular weight excluding hydrogens is 280 g/mol. The first kappa shape index (κ1) is 49.9. The van der Waals surface area contributed by atoms with Crippen LogP contribution in [-0.2, 0) is 9.59 Å². The van der Waals surface area contributed by atoms with E-state index in [0.29, 0.717) is 6.42 Å². The second kappa shape index (κ2) is 50.5. The Bertz CT molecular complexity index is 170. The van der Waals surface area contributed by atoms with Crippen molar-refractivity contribution in [2.24, 2.45) is 0 Å². The molecule has 0 saturated heterocycles. The Morgan fingerprint density at radius 1 is 0.714 bits per heavy atom. The molecule has 0 radical (unpaired) electrons. The fourth-order valence-corrected chi connectivity index (χ4v) is 0. The highest BCUT2D eigenvalue weighted by Gasteiger charge is 1.76. The van der Waals surface area contributed by atoms with E-state index in [1.807, 2.05) is 13.8 Å². The molecule has 0 fully saturated rings. The van der Waals surface area contributed by atoms with Crippen LogP contribution in [0.1, 0.15) is 104 Å². The van der Waals surface area contributed by atoms with Gasteiger partial charge in [0, 0.05) is 6.42 Å². The van der Waals surface area contributed by atoms with Gasteiger partial charge in [-0.3, -0.25) is 0 Å². The molecule has 0 aromatic rings. The van der Waals surface area contributed by atoms with Crippen molar-refractivity contribution in [1.29, 1.82) is 0 Å². The smallest absolute Gasteiger partial charge is 0.129 e. The Labute approximate surface area is 143 Å². The lowest BCUT2D eigenvalue weighted by atomic mass is 10.4. The number of Topliss-reactive ketones (excluding diaryl/α,β-unsaturated/α-hetero) is 2. The van der Waals surface area contributed by atoms with Gasteiger partial charge < -0.3 is 9.59 Å². The molecule has 0 saturated carbocycles. The van der Waals surface area contributed by atoms with Crippen LogP contribution < -0.4 is 0 Å². The number of hydrogen-bond acceptors (Lipinski definition) is 3. The van der Waals surface area contributed by atoms with Gasteiger partial charge in [0.1, 0.15) is 11.6 Å². The standard InChI is InChI=1S/C4H8O.C4H8S.C3H6O.C3H8.4CH4/c2*1-3-4(2)5;1-3(2)4;1-3-2;;;;/h2*3H2,1-2H3;1-2H3;3H2,1-2H3;4*1H4. The second-order valence-electron chi connectivity index (χ2n) is 3.73. The molecule has 0 spiro atoms. The van der Waals surface area contributed by atoms with Crippen LogP contribution in [0.2, 0.25) is 0 Å². The van der Waals surface area contributed by atoms with Crippen LogP contribution in [-0.4, -0.2) is 16.4 Å². The normalized spacial score (nSPS) is 5.71. The summed E-state index contributed by atoms with van der Waals surface area (Å²) < 4.78 is 0. The second-order valence-corrected chi connectivity index (χ2v) is 4.42. The SMILES string of the molecule is C.C.C.C.CC(C)=O.CCC.CCC(C)=O.CCC(C)=S. The quantitative estimate of drug-likeness (QED) is 0.498. The molecule has 0 N–H and O–H groups in total. The minimum Gasteiger partial charge on any atom is -0.300 e. The summed E-state index contributed by atoms with van der Waals surface area (Å²) in [5.74, 6) is 0.421. The van der Waals surface area contributed by atoms with Crippen molar-refractivity contribution in [2.45, 2.75) is 104 Å². The van der Waals surface area contributed by atoms with Gasteiger partial charge >= 0.3 is 0 Å². The number of hydrogen-bond donors (Lipinski definition) is 0. The summed E-state index contributed by atoms with van der Waals surface area (Å²) in [5.41, 5.74) is 0. The first-order valence-electron chi connectivity index (χ1n) is 6.15. The number of carbonyl (C=O) groups is 2. The number of ketones is 2. The van der Waals surface area contributed by atoms with Crippen LogP contribution in [0.25, 0.3) is 0 Å². The Hall–Kier alpha value is -0.570. The Kier molecular flexibility index (Phi) is 120. The molecule has 0 aliphatic carbocycles. The molecule has 0 bridgehead atoms. The highest BCUT2D eigenvalue weighted by atomic mass is 32.1. The summed E-state index contributed by atoms with van der Waals surface area (Å²) in [6, 6.07) is 0. The monoisotopic (exact) mass is 326 g/mol. The predicted octanol–water partition coefficient (Wildman–Crippen LogP) is 7.33. The van der Waals surface area contributed by atoms with Crippen LogP contribution in [0, 0.1) is 0 Å². The highest BCUT2D eigenvalue weighted by Crippen LogP contribution is 1.77. The topological polar surface area (TPSA) is 34.1 Å². The molecule has 0 amide bonds. The summed E-state index contributed by atoms with van der Waals surface area (Å²) >= 11 is 4.70. The van der Waals surface area contributed by atoms with Crippen LogP contribution in [0.15, 0.2) is 0 Å². The van der Waals surface area contributed by atoms with Gasteiger partial charge in [0.15, 0.2) is 0 Å². The molecule has 0 heterocycles. The van der Waals surface area contributed by atoms with Crippen molar-refractivity contribution in [2.75, 3.05) is 0 Å². The van der Waals surface area contributed by atoms with Crippen molar-refractivity contribution < 1.29 is 9.59 Å². The fourth-order valence-electron chi connectivity index (χ4n) is 0. The Morgan fingerprint density at radius 2 is 0.810 bits per heavy atom. The molecule has 0 aliphatic heterocycles. The van der Waals surface area contributed by atoms with Gasteiger partial charge in [-0.2, -0.15) is 0 Å².